The van der Waals surface area contributed by atoms with Crippen LogP contribution in [-0.2, 0) is 20.0 Å². The van der Waals surface area contributed by atoms with Crippen LogP contribution in [0.2, 0.25) is 5.02 Å². The van der Waals surface area contributed by atoms with Gasteiger partial charge >= 0.3 is 0 Å². The number of hydrogen-bond acceptors (Lipinski definition) is 3. The van der Waals surface area contributed by atoms with Crippen molar-refractivity contribution < 1.29 is 0 Å². The smallest absolute Gasteiger partial charge is 0.0863 e. The van der Waals surface area contributed by atoms with Gasteiger partial charge in [-0.2, -0.15) is 5.10 Å². The molecule has 0 aromatic carbocycles. The van der Waals surface area contributed by atoms with Crippen LogP contribution in [0.1, 0.15) is 44.0 Å². The topological polar surface area (TPSA) is 33.1 Å². The Morgan fingerprint density at radius 1 is 1.35 bits per heavy atom. The molecule has 1 aliphatic heterocycles. The Bertz CT molecular complexity index is 476. The third kappa shape index (κ3) is 2.61. The van der Waals surface area contributed by atoms with Gasteiger partial charge < -0.3 is 5.32 Å². The summed E-state index contributed by atoms with van der Waals surface area (Å²) in [5, 5.41) is 9.15. The summed E-state index contributed by atoms with van der Waals surface area (Å²) < 4.78 is 1.96. The van der Waals surface area contributed by atoms with Gasteiger partial charge in [0.05, 0.1) is 16.4 Å². The van der Waals surface area contributed by atoms with E-state index in [4.69, 9.17) is 11.6 Å². The molecule has 3 rings (SSSR count). The molecule has 5 heteroatoms. The van der Waals surface area contributed by atoms with Crippen molar-refractivity contribution >= 4 is 11.6 Å². The molecule has 0 unspecified atom stereocenters. The molecular weight excluding hydrogens is 272 g/mol. The van der Waals surface area contributed by atoms with Crippen molar-refractivity contribution in [3.8, 4) is 0 Å². The molecule has 1 aromatic rings. The molecule has 2 heterocycles. The van der Waals surface area contributed by atoms with Crippen molar-refractivity contribution in [2.75, 3.05) is 19.6 Å². The molecule has 0 amide bonds. The van der Waals surface area contributed by atoms with E-state index in [0.29, 0.717) is 5.54 Å². The van der Waals surface area contributed by atoms with Crippen LogP contribution in [-0.4, -0.2) is 39.9 Å². The van der Waals surface area contributed by atoms with Gasteiger partial charge in [0.25, 0.3) is 0 Å². The lowest BCUT2D eigenvalue weighted by atomic mass is 9.94. The van der Waals surface area contributed by atoms with Gasteiger partial charge in [0, 0.05) is 38.8 Å². The van der Waals surface area contributed by atoms with E-state index in [0.717, 1.165) is 43.3 Å². The molecule has 20 heavy (non-hydrogen) atoms. The summed E-state index contributed by atoms with van der Waals surface area (Å²) in [5.74, 6) is 0. The first kappa shape index (κ1) is 14.4. The Kier molecular flexibility index (Phi) is 4.07. The minimum absolute atomic E-state index is 0.372. The summed E-state index contributed by atoms with van der Waals surface area (Å²) in [6, 6.07) is 0. The second kappa shape index (κ2) is 5.66. The molecule has 112 valence electrons. The minimum Gasteiger partial charge on any atom is -0.309 e. The predicted octanol–water partition coefficient (Wildman–Crippen LogP) is 2.35. The second-order valence-electron chi connectivity index (χ2n) is 6.31. The van der Waals surface area contributed by atoms with Crippen molar-refractivity contribution in [3.63, 3.8) is 0 Å². The fourth-order valence-electron chi connectivity index (χ4n) is 3.77. The zero-order valence-corrected chi connectivity index (χ0v) is 13.3. The third-order valence-electron chi connectivity index (χ3n) is 4.89. The van der Waals surface area contributed by atoms with Gasteiger partial charge in [-0.05, 0) is 19.3 Å². The Morgan fingerprint density at radius 3 is 2.75 bits per heavy atom. The molecule has 2 aliphatic rings. The van der Waals surface area contributed by atoms with Crippen molar-refractivity contribution in [2.45, 2.75) is 51.1 Å². The summed E-state index contributed by atoms with van der Waals surface area (Å²) in [7, 11) is 2.01. The summed E-state index contributed by atoms with van der Waals surface area (Å²) >= 11 is 6.47. The van der Waals surface area contributed by atoms with Gasteiger partial charge in [-0.15, -0.1) is 0 Å². The normalized spacial score (nSPS) is 22.8. The Morgan fingerprint density at radius 2 is 2.10 bits per heavy atom. The van der Waals surface area contributed by atoms with E-state index in [9.17, 15) is 0 Å². The average Bonchev–Trinajstić information content (AvgIpc) is 2.98. The van der Waals surface area contributed by atoms with Crippen molar-refractivity contribution in [2.24, 2.45) is 7.05 Å². The third-order valence-corrected chi connectivity index (χ3v) is 5.33. The molecule has 1 saturated carbocycles. The Balaban J connectivity index is 1.73. The highest BCUT2D eigenvalue weighted by Crippen LogP contribution is 2.33. The van der Waals surface area contributed by atoms with E-state index >= 15 is 0 Å². The van der Waals surface area contributed by atoms with Crippen LogP contribution in [0.5, 0.6) is 0 Å². The van der Waals surface area contributed by atoms with Crippen LogP contribution in [0.25, 0.3) is 0 Å². The quantitative estimate of drug-likeness (QED) is 0.929. The van der Waals surface area contributed by atoms with E-state index in [1.54, 1.807) is 0 Å². The molecule has 4 nitrogen and oxygen atoms in total. The lowest BCUT2D eigenvalue weighted by Gasteiger charge is -2.41. The number of halogens is 1. The fraction of sp³-hybridized carbons (Fsp3) is 0.800. The maximum Gasteiger partial charge on any atom is 0.0863 e. The summed E-state index contributed by atoms with van der Waals surface area (Å²) in [4.78, 5) is 2.55. The van der Waals surface area contributed by atoms with Gasteiger partial charge in [0.1, 0.15) is 0 Å². The molecule has 1 N–H and O–H groups in total. The maximum atomic E-state index is 6.47. The fourth-order valence-corrected chi connectivity index (χ4v) is 4.12. The van der Waals surface area contributed by atoms with Gasteiger partial charge in [-0.25, -0.2) is 0 Å². The average molecular weight is 297 g/mol. The van der Waals surface area contributed by atoms with E-state index < -0.39 is 0 Å². The highest BCUT2D eigenvalue weighted by Gasteiger charge is 2.37. The first-order valence-electron chi connectivity index (χ1n) is 7.81. The molecule has 0 radical (unpaired) electrons. The van der Waals surface area contributed by atoms with Gasteiger partial charge in [0.15, 0.2) is 0 Å². The number of nitrogens with one attached hydrogen (secondary N) is 1. The van der Waals surface area contributed by atoms with Crippen molar-refractivity contribution in [3.05, 3.63) is 16.4 Å². The molecule has 1 spiro atoms. The van der Waals surface area contributed by atoms with Crippen LogP contribution in [0.4, 0.5) is 0 Å². The molecule has 2 fully saturated rings. The summed E-state index contributed by atoms with van der Waals surface area (Å²) in [5.41, 5.74) is 2.56. The summed E-state index contributed by atoms with van der Waals surface area (Å²) in [6.07, 6.45) is 6.28. The zero-order chi connectivity index (χ0) is 14.2. The predicted molar refractivity (Wildman–Crippen MR) is 82.1 cm³/mol. The molecule has 1 aliphatic carbocycles. The van der Waals surface area contributed by atoms with E-state index in [2.05, 4.69) is 22.2 Å². The van der Waals surface area contributed by atoms with Gasteiger partial charge in [-0.1, -0.05) is 31.4 Å². The van der Waals surface area contributed by atoms with Gasteiger partial charge in [-0.3, -0.25) is 9.58 Å². The number of piperazine rings is 1. The number of nitrogens with zero attached hydrogens (tertiary/aromatic N) is 3. The van der Waals surface area contributed by atoms with Crippen LogP contribution in [0.15, 0.2) is 0 Å². The zero-order valence-electron chi connectivity index (χ0n) is 12.6. The maximum absolute atomic E-state index is 6.47. The monoisotopic (exact) mass is 296 g/mol. The SMILES string of the molecule is CCc1nn(C)c(CN2CCNC3(CCCC3)C2)c1Cl. The number of rotatable bonds is 3. The van der Waals surface area contributed by atoms with Crippen molar-refractivity contribution in [1.29, 1.82) is 0 Å². The number of aromatic nitrogens is 2. The lowest BCUT2D eigenvalue weighted by Crippen LogP contribution is -2.58. The standard InChI is InChI=1S/C15H25ClN4/c1-3-12-14(16)13(19(2)18-12)10-20-9-8-17-15(11-20)6-4-5-7-15/h17H,3-11H2,1-2H3. The Labute approximate surface area is 126 Å². The lowest BCUT2D eigenvalue weighted by molar-refractivity contribution is 0.126. The highest BCUT2D eigenvalue weighted by atomic mass is 35.5. The molecule has 0 bridgehead atoms. The van der Waals surface area contributed by atoms with E-state index in [-0.39, 0.29) is 0 Å². The number of aryl methyl sites for hydroxylation is 2. The first-order valence-corrected chi connectivity index (χ1v) is 8.19. The van der Waals surface area contributed by atoms with Gasteiger partial charge in [0.2, 0.25) is 0 Å². The minimum atomic E-state index is 0.372. The van der Waals surface area contributed by atoms with E-state index in [1.165, 1.54) is 31.4 Å². The first-order chi connectivity index (χ1) is 9.63. The molecule has 1 aromatic heterocycles. The number of hydrogen-bond donors (Lipinski definition) is 1. The molecular formula is C15H25ClN4. The van der Waals surface area contributed by atoms with Crippen LogP contribution in [0, 0.1) is 0 Å². The van der Waals surface area contributed by atoms with Crippen LogP contribution in [0.3, 0.4) is 0 Å². The largest absolute Gasteiger partial charge is 0.309 e. The van der Waals surface area contributed by atoms with Crippen molar-refractivity contribution in [1.82, 2.24) is 20.0 Å². The summed E-state index contributed by atoms with van der Waals surface area (Å²) in [6.45, 7) is 6.37. The van der Waals surface area contributed by atoms with E-state index in [1.807, 2.05) is 11.7 Å². The van der Waals surface area contributed by atoms with Crippen LogP contribution >= 0.6 is 11.6 Å². The molecule has 1 saturated heterocycles. The Hall–Kier alpha value is -0.580. The second-order valence-corrected chi connectivity index (χ2v) is 6.69. The van der Waals surface area contributed by atoms with Crippen LogP contribution < -0.4 is 5.32 Å². The molecule has 0 atom stereocenters. The highest BCUT2D eigenvalue weighted by molar-refractivity contribution is 6.31.